The van der Waals surface area contributed by atoms with Crippen molar-refractivity contribution in [3.05, 3.63) is 78.2 Å². The van der Waals surface area contributed by atoms with E-state index in [4.69, 9.17) is 0 Å². The Balaban J connectivity index is 1.51. The molecule has 28 heavy (non-hydrogen) atoms. The summed E-state index contributed by atoms with van der Waals surface area (Å²) in [5, 5.41) is 14.4. The van der Waals surface area contributed by atoms with Crippen LogP contribution in [0.2, 0.25) is 0 Å². The average molecular weight is 372 g/mol. The van der Waals surface area contributed by atoms with Crippen LogP contribution in [0.1, 0.15) is 29.1 Å². The van der Waals surface area contributed by atoms with E-state index in [1.807, 2.05) is 61.5 Å². The molecule has 140 valence electrons. The summed E-state index contributed by atoms with van der Waals surface area (Å²) in [7, 11) is 1.76. The lowest BCUT2D eigenvalue weighted by Crippen LogP contribution is -2.30. The molecule has 0 aliphatic heterocycles. The first kappa shape index (κ1) is 17.7. The van der Waals surface area contributed by atoms with E-state index in [9.17, 15) is 4.79 Å². The van der Waals surface area contributed by atoms with Gasteiger partial charge >= 0.3 is 0 Å². The summed E-state index contributed by atoms with van der Waals surface area (Å²) < 4.78 is 0. The van der Waals surface area contributed by atoms with Crippen LogP contribution >= 0.6 is 0 Å². The van der Waals surface area contributed by atoms with Crippen LogP contribution in [-0.4, -0.2) is 43.2 Å². The van der Waals surface area contributed by atoms with Gasteiger partial charge in [-0.2, -0.15) is 10.2 Å². The molecule has 0 saturated heterocycles. The summed E-state index contributed by atoms with van der Waals surface area (Å²) >= 11 is 0. The fourth-order valence-electron chi connectivity index (χ4n) is 2.96. The van der Waals surface area contributed by atoms with Crippen LogP contribution < -0.4 is 0 Å². The van der Waals surface area contributed by atoms with Crippen LogP contribution in [0.15, 0.2) is 66.9 Å². The van der Waals surface area contributed by atoms with Crippen molar-refractivity contribution >= 4 is 5.91 Å². The van der Waals surface area contributed by atoms with Gasteiger partial charge in [-0.15, -0.1) is 0 Å². The van der Waals surface area contributed by atoms with Crippen LogP contribution in [0, 0.1) is 0 Å². The minimum absolute atomic E-state index is 0.155. The van der Waals surface area contributed by atoms with Crippen molar-refractivity contribution in [2.45, 2.75) is 13.0 Å². The molecule has 4 rings (SSSR count). The van der Waals surface area contributed by atoms with Crippen LogP contribution in [0.4, 0.5) is 0 Å². The molecule has 0 radical (unpaired) electrons. The predicted molar refractivity (Wildman–Crippen MR) is 106 cm³/mol. The number of pyridine rings is 1. The lowest BCUT2D eigenvalue weighted by atomic mass is 10.1. The van der Waals surface area contributed by atoms with Gasteiger partial charge in [0.25, 0.3) is 5.91 Å². The summed E-state index contributed by atoms with van der Waals surface area (Å²) in [6, 6.07) is 19.0. The van der Waals surface area contributed by atoms with Gasteiger partial charge in [0.15, 0.2) is 0 Å². The fourth-order valence-corrected chi connectivity index (χ4v) is 2.96. The Bertz CT molecular complexity index is 1070. The number of nitrogens with one attached hydrogen (secondary N) is 2. The van der Waals surface area contributed by atoms with E-state index < -0.39 is 0 Å². The topological polar surface area (TPSA) is 90.6 Å². The van der Waals surface area contributed by atoms with Crippen molar-refractivity contribution in [1.29, 1.82) is 0 Å². The highest BCUT2D eigenvalue weighted by molar-refractivity contribution is 5.93. The second-order valence-corrected chi connectivity index (χ2v) is 6.55. The van der Waals surface area contributed by atoms with Crippen molar-refractivity contribution in [3.63, 3.8) is 0 Å². The lowest BCUT2D eigenvalue weighted by molar-refractivity contribution is 0.0734. The Hall–Kier alpha value is -3.74. The molecule has 0 fully saturated rings. The van der Waals surface area contributed by atoms with E-state index in [1.165, 1.54) is 0 Å². The first-order valence-corrected chi connectivity index (χ1v) is 8.98. The van der Waals surface area contributed by atoms with Crippen molar-refractivity contribution < 1.29 is 4.79 Å². The molecule has 0 bridgehead atoms. The smallest absolute Gasteiger partial charge is 0.272 e. The molecule has 0 aliphatic carbocycles. The predicted octanol–water partition coefficient (Wildman–Crippen LogP) is 3.70. The highest BCUT2D eigenvalue weighted by Crippen LogP contribution is 2.24. The summed E-state index contributed by atoms with van der Waals surface area (Å²) in [5.41, 5.74) is 4.51. The molecule has 0 aliphatic rings. The molecule has 2 N–H and O–H groups in total. The Morgan fingerprint density at radius 3 is 2.43 bits per heavy atom. The normalized spacial score (nSPS) is 11.9. The summed E-state index contributed by atoms with van der Waals surface area (Å²) in [6.07, 6.45) is 1.70. The molecule has 0 unspecified atom stereocenters. The number of carbonyl (C=O) groups is 1. The molecule has 1 aromatic carbocycles. The lowest BCUT2D eigenvalue weighted by Gasteiger charge is -2.23. The number of rotatable bonds is 5. The summed E-state index contributed by atoms with van der Waals surface area (Å²) in [4.78, 5) is 18.8. The number of aromatic amines is 2. The van der Waals surface area contributed by atoms with Gasteiger partial charge < -0.3 is 4.90 Å². The molecular weight excluding hydrogens is 352 g/mol. The van der Waals surface area contributed by atoms with Crippen molar-refractivity contribution in [2.24, 2.45) is 0 Å². The molecule has 4 aromatic rings. The number of amides is 1. The van der Waals surface area contributed by atoms with Crippen LogP contribution in [0.25, 0.3) is 22.6 Å². The van der Waals surface area contributed by atoms with Gasteiger partial charge in [0.05, 0.1) is 23.1 Å². The second-order valence-electron chi connectivity index (χ2n) is 6.55. The number of hydrogen-bond donors (Lipinski definition) is 2. The molecule has 7 nitrogen and oxygen atoms in total. The third-order valence-corrected chi connectivity index (χ3v) is 4.75. The maximum atomic E-state index is 12.9. The Morgan fingerprint density at radius 1 is 0.929 bits per heavy atom. The van der Waals surface area contributed by atoms with Crippen molar-refractivity contribution in [1.82, 2.24) is 30.3 Å². The molecule has 1 atom stereocenters. The number of carbonyl (C=O) groups excluding carboxylic acids is 1. The maximum absolute atomic E-state index is 12.9. The zero-order valence-corrected chi connectivity index (χ0v) is 15.6. The molecular formula is C21H20N6O. The highest BCUT2D eigenvalue weighted by Gasteiger charge is 2.22. The van der Waals surface area contributed by atoms with Crippen LogP contribution in [-0.2, 0) is 0 Å². The number of hydrogen-bond acceptors (Lipinski definition) is 4. The van der Waals surface area contributed by atoms with Crippen molar-refractivity contribution in [2.75, 3.05) is 7.05 Å². The van der Waals surface area contributed by atoms with Gasteiger partial charge in [0.2, 0.25) is 0 Å². The van der Waals surface area contributed by atoms with E-state index >= 15 is 0 Å². The van der Waals surface area contributed by atoms with E-state index in [0.29, 0.717) is 11.4 Å². The van der Waals surface area contributed by atoms with Gasteiger partial charge in [0.1, 0.15) is 11.4 Å². The van der Waals surface area contributed by atoms with Gasteiger partial charge in [-0.1, -0.05) is 36.4 Å². The van der Waals surface area contributed by atoms with Crippen LogP contribution in [0.3, 0.4) is 0 Å². The van der Waals surface area contributed by atoms with Gasteiger partial charge in [-0.25, -0.2) is 0 Å². The van der Waals surface area contributed by atoms with Crippen LogP contribution in [0.5, 0.6) is 0 Å². The zero-order chi connectivity index (χ0) is 19.5. The number of H-pyrrole nitrogens is 2. The largest absolute Gasteiger partial charge is 0.332 e. The minimum Gasteiger partial charge on any atom is -0.332 e. The molecule has 3 heterocycles. The Labute approximate surface area is 162 Å². The Kier molecular flexibility index (Phi) is 4.72. The quantitative estimate of drug-likeness (QED) is 0.559. The first-order chi connectivity index (χ1) is 13.6. The van der Waals surface area contributed by atoms with E-state index in [1.54, 1.807) is 24.2 Å². The second kappa shape index (κ2) is 7.48. The van der Waals surface area contributed by atoms with E-state index in [-0.39, 0.29) is 11.9 Å². The Morgan fingerprint density at radius 2 is 1.68 bits per heavy atom. The maximum Gasteiger partial charge on any atom is 0.272 e. The fraction of sp³-hybridized carbons (Fsp3) is 0.143. The van der Waals surface area contributed by atoms with Gasteiger partial charge in [-0.05, 0) is 31.2 Å². The zero-order valence-electron chi connectivity index (χ0n) is 15.6. The third kappa shape index (κ3) is 3.42. The highest BCUT2D eigenvalue weighted by atomic mass is 16.2. The van der Waals surface area contributed by atoms with Crippen molar-refractivity contribution in [3.8, 4) is 22.6 Å². The summed E-state index contributed by atoms with van der Waals surface area (Å²) in [6.45, 7) is 1.95. The molecule has 7 heteroatoms. The summed E-state index contributed by atoms with van der Waals surface area (Å²) in [5.74, 6) is -0.155. The average Bonchev–Trinajstić information content (AvgIpc) is 3.44. The first-order valence-electron chi connectivity index (χ1n) is 8.98. The minimum atomic E-state index is -0.181. The van der Waals surface area contributed by atoms with E-state index in [2.05, 4.69) is 25.4 Å². The monoisotopic (exact) mass is 372 g/mol. The SMILES string of the molecule is C[C@@H](c1cc(-c2ccccc2)n[nH]1)N(C)C(=O)c1cc(-c2ccccn2)n[nH]1. The number of nitrogens with zero attached hydrogens (tertiary/aromatic N) is 4. The molecule has 0 spiro atoms. The standard InChI is InChI=1S/C21H20N6O/c1-14(17-12-18(24-23-17)15-8-4-3-5-9-15)27(2)21(28)20-13-19(25-26-20)16-10-6-7-11-22-16/h3-14H,1-2H3,(H,23,24)(H,25,26)/t14-/m0/s1. The number of aromatic nitrogens is 5. The van der Waals surface area contributed by atoms with Gasteiger partial charge in [0, 0.05) is 18.8 Å². The molecule has 0 saturated carbocycles. The third-order valence-electron chi connectivity index (χ3n) is 4.75. The number of benzene rings is 1. The van der Waals surface area contributed by atoms with Gasteiger partial charge in [-0.3, -0.25) is 20.0 Å². The molecule has 3 aromatic heterocycles. The van der Waals surface area contributed by atoms with E-state index in [0.717, 1.165) is 22.6 Å². The molecule has 1 amide bonds.